The van der Waals surface area contributed by atoms with Crippen LogP contribution in [0.15, 0.2) is 121 Å². The Balaban J connectivity index is 1.18. The van der Waals surface area contributed by atoms with Crippen molar-refractivity contribution < 1.29 is 47.5 Å². The summed E-state index contributed by atoms with van der Waals surface area (Å²) in [5, 5.41) is 3.04. The van der Waals surface area contributed by atoms with E-state index < -0.39 is 55.3 Å². The van der Waals surface area contributed by atoms with Crippen LogP contribution in [-0.2, 0) is 55.9 Å². The zero-order valence-corrected chi connectivity index (χ0v) is 31.3. The summed E-state index contributed by atoms with van der Waals surface area (Å²) in [6, 6.07) is 37.2. The lowest BCUT2D eigenvalue weighted by Gasteiger charge is -2.51. The van der Waals surface area contributed by atoms with Gasteiger partial charge in [-0.3, -0.25) is 4.79 Å². The first-order chi connectivity index (χ1) is 26.8. The summed E-state index contributed by atoms with van der Waals surface area (Å²) < 4.78 is 51.9. The van der Waals surface area contributed by atoms with E-state index in [0.29, 0.717) is 12.2 Å². The van der Waals surface area contributed by atoms with E-state index in [1.165, 1.54) is 6.92 Å². The molecular weight excluding hydrogens is 702 g/mol. The highest BCUT2D eigenvalue weighted by Crippen LogP contribution is 2.41. The van der Waals surface area contributed by atoms with Gasteiger partial charge < -0.3 is 43.2 Å². The molecule has 3 fully saturated rings. The van der Waals surface area contributed by atoms with E-state index in [1.807, 2.05) is 97.1 Å². The van der Waals surface area contributed by atoms with Gasteiger partial charge in [-0.2, -0.15) is 0 Å². The third kappa shape index (κ3) is 9.68. The zero-order chi connectivity index (χ0) is 38.1. The van der Waals surface area contributed by atoms with Crippen LogP contribution in [0.1, 0.15) is 54.1 Å². The van der Waals surface area contributed by atoms with Gasteiger partial charge in [0.15, 0.2) is 18.9 Å². The Morgan fingerprint density at radius 3 is 1.93 bits per heavy atom. The van der Waals surface area contributed by atoms with Gasteiger partial charge >= 0.3 is 5.97 Å². The number of ether oxygens (including phenoxy) is 8. The molecule has 0 spiro atoms. The van der Waals surface area contributed by atoms with E-state index in [2.05, 4.69) is 19.2 Å². The summed E-state index contributed by atoms with van der Waals surface area (Å²) in [6.45, 7) is 6.14. The Labute approximate surface area is 322 Å². The monoisotopic (exact) mass is 751 g/mol. The van der Waals surface area contributed by atoms with Gasteiger partial charge in [0.2, 0.25) is 5.91 Å². The first-order valence-corrected chi connectivity index (χ1v) is 18.9. The van der Waals surface area contributed by atoms with Crippen molar-refractivity contribution in [1.82, 2.24) is 5.32 Å². The van der Waals surface area contributed by atoms with Gasteiger partial charge in [0.1, 0.15) is 37.1 Å². The molecule has 290 valence electrons. The third-order valence-corrected chi connectivity index (χ3v) is 10.5. The summed E-state index contributed by atoms with van der Waals surface area (Å²) in [7, 11) is 0. The Bertz CT molecular complexity index is 1800. The largest absolute Gasteiger partial charge is 0.459 e. The Morgan fingerprint density at radius 2 is 1.29 bits per heavy atom. The smallest absolute Gasteiger partial charge is 0.338 e. The number of carbonyl (C=O) groups excluding carboxylic acids is 2. The summed E-state index contributed by atoms with van der Waals surface area (Å²) >= 11 is 0. The number of benzene rings is 4. The van der Waals surface area contributed by atoms with Gasteiger partial charge in [-0.15, -0.1) is 0 Å². The molecule has 4 aromatic carbocycles. The molecule has 1 N–H and O–H groups in total. The van der Waals surface area contributed by atoms with Crippen molar-refractivity contribution in [3.63, 3.8) is 0 Å². The molecule has 55 heavy (non-hydrogen) atoms. The van der Waals surface area contributed by atoms with Gasteiger partial charge in [-0.05, 0) is 29.2 Å². The number of hydrogen-bond donors (Lipinski definition) is 1. The average Bonchev–Trinajstić information content (AvgIpc) is 3.22. The maximum Gasteiger partial charge on any atom is 0.338 e. The van der Waals surface area contributed by atoms with Gasteiger partial charge in [0, 0.05) is 18.4 Å². The average molecular weight is 752 g/mol. The topological polar surface area (TPSA) is 120 Å². The lowest BCUT2D eigenvalue weighted by Crippen LogP contribution is -2.67. The van der Waals surface area contributed by atoms with Gasteiger partial charge in [0.25, 0.3) is 0 Å². The van der Waals surface area contributed by atoms with E-state index in [9.17, 15) is 9.59 Å². The third-order valence-electron chi connectivity index (χ3n) is 10.5. The Kier molecular flexibility index (Phi) is 13.0. The molecule has 7 rings (SSSR count). The van der Waals surface area contributed by atoms with Gasteiger partial charge in [-0.1, -0.05) is 123 Å². The fourth-order valence-corrected chi connectivity index (χ4v) is 7.33. The molecule has 0 aromatic heterocycles. The molecule has 3 heterocycles. The van der Waals surface area contributed by atoms with Crippen LogP contribution in [0.2, 0.25) is 0 Å². The first kappa shape index (κ1) is 38.8. The van der Waals surface area contributed by atoms with Crippen molar-refractivity contribution >= 4 is 11.9 Å². The quantitative estimate of drug-likeness (QED) is 0.154. The second kappa shape index (κ2) is 18.4. The fourth-order valence-electron chi connectivity index (χ4n) is 7.33. The minimum atomic E-state index is -0.992. The Hall–Kier alpha value is -4.46. The van der Waals surface area contributed by atoms with Crippen LogP contribution in [0, 0.1) is 11.8 Å². The lowest BCUT2D eigenvalue weighted by atomic mass is 9.84. The molecule has 3 aliphatic rings. The number of rotatable bonds is 13. The zero-order valence-electron chi connectivity index (χ0n) is 31.3. The van der Waals surface area contributed by atoms with Crippen LogP contribution in [0.25, 0.3) is 0 Å². The van der Waals surface area contributed by atoms with Crippen molar-refractivity contribution in [2.75, 3.05) is 13.2 Å². The number of esters is 1. The maximum absolute atomic E-state index is 13.3. The molecule has 0 radical (unpaired) electrons. The second-order valence-corrected chi connectivity index (χ2v) is 14.3. The van der Waals surface area contributed by atoms with Crippen molar-refractivity contribution in [2.45, 2.75) is 89.4 Å². The Morgan fingerprint density at radius 1 is 0.691 bits per heavy atom. The molecule has 0 aliphatic carbocycles. The SMILES string of the molecule is CC(=O)NC1C(OCc2ccccc2)[C@H](O[C@@H]2OC3COC(c4ccccc4)O[C@@H]3[C@H](C)C2C)[C@@H](COC(=O)c2ccccc2)O[C@@H]1OCc1ccccc1. The molecule has 5 unspecified atom stereocenters. The van der Waals surface area contributed by atoms with Crippen molar-refractivity contribution in [3.05, 3.63) is 144 Å². The highest BCUT2D eigenvalue weighted by Gasteiger charge is 2.53. The molecule has 11 atom stereocenters. The molecule has 11 heteroatoms. The highest BCUT2D eigenvalue weighted by atomic mass is 16.8. The molecule has 3 saturated heterocycles. The molecule has 0 saturated carbocycles. The first-order valence-electron chi connectivity index (χ1n) is 18.9. The summed E-state index contributed by atoms with van der Waals surface area (Å²) in [4.78, 5) is 26.1. The summed E-state index contributed by atoms with van der Waals surface area (Å²) in [5.74, 6) is -0.955. The minimum absolute atomic E-state index is 0.00881. The van der Waals surface area contributed by atoms with E-state index in [-0.39, 0.29) is 43.7 Å². The maximum atomic E-state index is 13.3. The summed E-state index contributed by atoms with van der Waals surface area (Å²) in [6.07, 6.45) is -5.50. The molecule has 0 bridgehead atoms. The predicted molar refractivity (Wildman–Crippen MR) is 201 cm³/mol. The second-order valence-electron chi connectivity index (χ2n) is 14.3. The summed E-state index contributed by atoms with van der Waals surface area (Å²) in [5.41, 5.74) is 3.18. The molecule has 3 aliphatic heterocycles. The van der Waals surface area contributed by atoms with E-state index >= 15 is 0 Å². The number of fused-ring (bicyclic) bond motifs is 1. The number of amides is 1. The van der Waals surface area contributed by atoms with E-state index in [1.54, 1.807) is 24.3 Å². The number of hydrogen-bond acceptors (Lipinski definition) is 10. The van der Waals surface area contributed by atoms with Crippen LogP contribution >= 0.6 is 0 Å². The van der Waals surface area contributed by atoms with Gasteiger partial charge in [-0.25, -0.2) is 4.79 Å². The number of carbonyl (C=O) groups is 2. The van der Waals surface area contributed by atoms with Crippen LogP contribution in [0.5, 0.6) is 0 Å². The molecule has 11 nitrogen and oxygen atoms in total. The van der Waals surface area contributed by atoms with Crippen LogP contribution in [0.3, 0.4) is 0 Å². The van der Waals surface area contributed by atoms with Crippen LogP contribution in [-0.4, -0.2) is 74.2 Å². The van der Waals surface area contributed by atoms with E-state index in [0.717, 1.165) is 16.7 Å². The normalized spacial score (nSPS) is 30.5. The molecule has 1 amide bonds. The van der Waals surface area contributed by atoms with Crippen molar-refractivity contribution in [1.29, 1.82) is 0 Å². The van der Waals surface area contributed by atoms with Gasteiger partial charge in [0.05, 0.1) is 31.5 Å². The van der Waals surface area contributed by atoms with Crippen molar-refractivity contribution in [2.24, 2.45) is 11.8 Å². The number of nitrogens with one attached hydrogen (secondary N) is 1. The van der Waals surface area contributed by atoms with Crippen LogP contribution in [0.4, 0.5) is 0 Å². The highest BCUT2D eigenvalue weighted by molar-refractivity contribution is 5.89. The van der Waals surface area contributed by atoms with E-state index in [4.69, 9.17) is 37.9 Å². The van der Waals surface area contributed by atoms with Crippen molar-refractivity contribution in [3.8, 4) is 0 Å². The van der Waals surface area contributed by atoms with Crippen LogP contribution < -0.4 is 5.32 Å². The lowest BCUT2D eigenvalue weighted by molar-refractivity contribution is -0.368. The standard InChI is InChI=1S/C44H49NO10/c1-28-29(2)42(52-35-27-51-43(54-38(28)35)34-22-14-7-15-23-34)55-39-36(26-49-41(47)33-20-12-6-13-21-33)53-44(50-25-32-18-10-5-11-19-32)37(45-30(3)46)40(39)48-24-31-16-8-4-9-17-31/h4-23,28-29,35-40,42-44H,24-27H2,1-3H3,(H,45,46)/t28-,29?,35?,36-,37?,38-,39-,40?,42+,43?,44+/m1/s1. The molecule has 4 aromatic rings. The molecular formula is C44H49NO10. The fraction of sp³-hybridized carbons (Fsp3) is 0.409. The minimum Gasteiger partial charge on any atom is -0.459 e. The predicted octanol–water partition coefficient (Wildman–Crippen LogP) is 6.37.